The summed E-state index contributed by atoms with van der Waals surface area (Å²) in [6.07, 6.45) is 6.87. The molecule has 0 radical (unpaired) electrons. The number of nitrogens with one attached hydrogen (secondary N) is 1. The number of para-hydroxylation sites is 2. The van der Waals surface area contributed by atoms with Crippen LogP contribution in [-0.4, -0.2) is 41.0 Å². The second-order valence-electron chi connectivity index (χ2n) is 8.38. The van der Waals surface area contributed by atoms with Crippen molar-refractivity contribution in [2.24, 2.45) is 5.92 Å². The standard InChI is InChI=1S/C22H31N3O2/c1-15-7-3-4-8-18(15)23-21(26)16(2)25-13-11-17(12-14-25)22-24-19-9-5-6-10-20(19)27-22/h5-6,9-10,15-18H,3-4,7-8,11-14H2,1-2H3,(H,23,26). The van der Waals surface area contributed by atoms with E-state index in [9.17, 15) is 4.79 Å². The molecule has 1 aromatic heterocycles. The van der Waals surface area contributed by atoms with Crippen LogP contribution in [0.3, 0.4) is 0 Å². The first-order valence-corrected chi connectivity index (χ1v) is 10.5. The van der Waals surface area contributed by atoms with Crippen molar-refractivity contribution in [3.8, 4) is 0 Å². The minimum Gasteiger partial charge on any atom is -0.440 e. The number of hydrogen-bond acceptors (Lipinski definition) is 4. The van der Waals surface area contributed by atoms with Crippen molar-refractivity contribution in [2.75, 3.05) is 13.1 Å². The number of oxazole rings is 1. The summed E-state index contributed by atoms with van der Waals surface area (Å²) < 4.78 is 5.95. The van der Waals surface area contributed by atoms with Crippen LogP contribution >= 0.6 is 0 Å². The minimum atomic E-state index is -0.0660. The van der Waals surface area contributed by atoms with E-state index in [1.807, 2.05) is 31.2 Å². The molecule has 2 fully saturated rings. The number of carbonyl (C=O) groups excluding carboxylic acids is 1. The number of nitrogens with zero attached hydrogens (tertiary/aromatic N) is 2. The van der Waals surface area contributed by atoms with Crippen LogP contribution in [0, 0.1) is 5.92 Å². The summed E-state index contributed by atoms with van der Waals surface area (Å²) in [5.41, 5.74) is 1.80. The van der Waals surface area contributed by atoms with Crippen LogP contribution in [0.5, 0.6) is 0 Å². The van der Waals surface area contributed by atoms with Gasteiger partial charge in [-0.1, -0.05) is 31.9 Å². The molecule has 146 valence electrons. The average molecular weight is 370 g/mol. The molecule has 1 saturated heterocycles. The summed E-state index contributed by atoms with van der Waals surface area (Å²) in [6, 6.07) is 8.23. The molecule has 0 spiro atoms. The van der Waals surface area contributed by atoms with E-state index in [2.05, 4.69) is 22.1 Å². The van der Waals surface area contributed by atoms with Gasteiger partial charge in [0.25, 0.3) is 0 Å². The maximum absolute atomic E-state index is 12.7. The van der Waals surface area contributed by atoms with Crippen LogP contribution in [0.15, 0.2) is 28.7 Å². The van der Waals surface area contributed by atoms with Crippen LogP contribution in [0.2, 0.25) is 0 Å². The van der Waals surface area contributed by atoms with Gasteiger partial charge in [-0.25, -0.2) is 4.98 Å². The molecule has 1 aliphatic carbocycles. The third-order valence-corrected chi connectivity index (χ3v) is 6.56. The number of fused-ring (bicyclic) bond motifs is 1. The fourth-order valence-corrected chi connectivity index (χ4v) is 4.60. The quantitative estimate of drug-likeness (QED) is 0.882. The zero-order valence-electron chi connectivity index (χ0n) is 16.5. The maximum Gasteiger partial charge on any atom is 0.237 e. The van der Waals surface area contributed by atoms with Crippen LogP contribution < -0.4 is 5.32 Å². The van der Waals surface area contributed by atoms with E-state index >= 15 is 0 Å². The van der Waals surface area contributed by atoms with Gasteiger partial charge in [0.2, 0.25) is 5.91 Å². The van der Waals surface area contributed by atoms with Crippen molar-refractivity contribution in [2.45, 2.75) is 70.4 Å². The molecule has 27 heavy (non-hydrogen) atoms. The fraction of sp³-hybridized carbons (Fsp3) is 0.636. The summed E-state index contributed by atoms with van der Waals surface area (Å²) in [4.78, 5) is 19.7. The molecule has 1 aliphatic heterocycles. The van der Waals surface area contributed by atoms with Crippen molar-refractivity contribution >= 4 is 17.0 Å². The molecule has 4 rings (SSSR count). The smallest absolute Gasteiger partial charge is 0.237 e. The van der Waals surface area contributed by atoms with Crippen molar-refractivity contribution in [1.29, 1.82) is 0 Å². The molecule has 1 amide bonds. The molecule has 1 aromatic carbocycles. The van der Waals surface area contributed by atoms with E-state index in [0.29, 0.717) is 17.9 Å². The van der Waals surface area contributed by atoms with Crippen molar-refractivity contribution < 1.29 is 9.21 Å². The SMILES string of the molecule is CC1CCCCC1NC(=O)C(C)N1CCC(c2nc3ccccc3o2)CC1. The van der Waals surface area contributed by atoms with E-state index < -0.39 is 0 Å². The third kappa shape index (κ3) is 4.03. The first kappa shape index (κ1) is 18.5. The highest BCUT2D eigenvalue weighted by Crippen LogP contribution is 2.30. The highest BCUT2D eigenvalue weighted by Gasteiger charge is 2.31. The van der Waals surface area contributed by atoms with Gasteiger partial charge in [-0.2, -0.15) is 0 Å². The molecule has 5 nitrogen and oxygen atoms in total. The van der Waals surface area contributed by atoms with Gasteiger partial charge in [-0.15, -0.1) is 0 Å². The molecule has 5 heteroatoms. The lowest BCUT2D eigenvalue weighted by atomic mass is 9.86. The Kier molecular flexibility index (Phi) is 5.48. The van der Waals surface area contributed by atoms with E-state index in [1.54, 1.807) is 0 Å². The number of rotatable bonds is 4. The normalized spacial score (nSPS) is 26.1. The van der Waals surface area contributed by atoms with Gasteiger partial charge in [0, 0.05) is 12.0 Å². The molecule has 3 unspecified atom stereocenters. The number of likely N-dealkylation sites (tertiary alicyclic amines) is 1. The number of aromatic nitrogens is 1. The second-order valence-corrected chi connectivity index (χ2v) is 8.38. The minimum absolute atomic E-state index is 0.0660. The van der Waals surface area contributed by atoms with Gasteiger partial charge in [-0.3, -0.25) is 9.69 Å². The Morgan fingerprint density at radius 3 is 2.67 bits per heavy atom. The topological polar surface area (TPSA) is 58.4 Å². The van der Waals surface area contributed by atoms with E-state index in [4.69, 9.17) is 4.42 Å². The Morgan fingerprint density at radius 2 is 1.93 bits per heavy atom. The van der Waals surface area contributed by atoms with Crippen LogP contribution in [0.4, 0.5) is 0 Å². The number of hydrogen-bond donors (Lipinski definition) is 1. The Morgan fingerprint density at radius 1 is 1.19 bits per heavy atom. The Bertz CT molecular complexity index is 746. The van der Waals surface area contributed by atoms with Crippen molar-refractivity contribution in [3.05, 3.63) is 30.2 Å². The fourth-order valence-electron chi connectivity index (χ4n) is 4.60. The molecular formula is C22H31N3O2. The maximum atomic E-state index is 12.7. The van der Waals surface area contributed by atoms with Crippen LogP contribution in [-0.2, 0) is 4.79 Å². The monoisotopic (exact) mass is 369 g/mol. The number of carbonyl (C=O) groups is 1. The van der Waals surface area contributed by atoms with Crippen LogP contribution in [0.25, 0.3) is 11.1 Å². The lowest BCUT2D eigenvalue weighted by molar-refractivity contribution is -0.127. The highest BCUT2D eigenvalue weighted by atomic mass is 16.3. The summed E-state index contributed by atoms with van der Waals surface area (Å²) in [6.45, 7) is 6.14. The van der Waals surface area contributed by atoms with Crippen molar-refractivity contribution in [1.82, 2.24) is 15.2 Å². The number of benzene rings is 1. The lowest BCUT2D eigenvalue weighted by Crippen LogP contribution is -2.52. The Hall–Kier alpha value is -1.88. The first-order valence-electron chi connectivity index (χ1n) is 10.5. The molecular weight excluding hydrogens is 338 g/mol. The highest BCUT2D eigenvalue weighted by molar-refractivity contribution is 5.81. The van der Waals surface area contributed by atoms with Gasteiger partial charge in [0.1, 0.15) is 5.52 Å². The summed E-state index contributed by atoms with van der Waals surface area (Å²) in [5.74, 6) is 1.99. The van der Waals surface area contributed by atoms with Crippen molar-refractivity contribution in [3.63, 3.8) is 0 Å². The summed E-state index contributed by atoms with van der Waals surface area (Å²) in [5, 5.41) is 3.31. The van der Waals surface area contributed by atoms with Gasteiger partial charge < -0.3 is 9.73 Å². The molecule has 3 atom stereocenters. The predicted molar refractivity (Wildman–Crippen MR) is 107 cm³/mol. The summed E-state index contributed by atoms with van der Waals surface area (Å²) >= 11 is 0. The third-order valence-electron chi connectivity index (χ3n) is 6.56. The van der Waals surface area contributed by atoms with E-state index in [1.165, 1.54) is 19.3 Å². The summed E-state index contributed by atoms with van der Waals surface area (Å²) in [7, 11) is 0. The van der Waals surface area contributed by atoms with Gasteiger partial charge in [0.05, 0.1) is 6.04 Å². The van der Waals surface area contributed by atoms with E-state index in [-0.39, 0.29) is 11.9 Å². The Labute approximate surface area is 161 Å². The largest absolute Gasteiger partial charge is 0.440 e. The molecule has 2 heterocycles. The molecule has 1 saturated carbocycles. The van der Waals surface area contributed by atoms with Gasteiger partial charge in [0.15, 0.2) is 11.5 Å². The molecule has 2 aliphatic rings. The first-order chi connectivity index (χ1) is 13.1. The van der Waals surface area contributed by atoms with Crippen LogP contribution in [0.1, 0.15) is 64.2 Å². The van der Waals surface area contributed by atoms with Gasteiger partial charge in [-0.05, 0) is 63.7 Å². The average Bonchev–Trinajstić information content (AvgIpc) is 3.13. The molecule has 1 N–H and O–H groups in total. The second kappa shape index (κ2) is 8.01. The zero-order chi connectivity index (χ0) is 18.8. The molecule has 2 aromatic rings. The van der Waals surface area contributed by atoms with Gasteiger partial charge >= 0.3 is 0 Å². The number of piperidine rings is 1. The van der Waals surface area contributed by atoms with E-state index in [0.717, 1.165) is 49.3 Å². The zero-order valence-corrected chi connectivity index (χ0v) is 16.5. The Balaban J connectivity index is 1.32. The lowest BCUT2D eigenvalue weighted by Gasteiger charge is -2.36. The number of amides is 1. The molecule has 0 bridgehead atoms. The predicted octanol–water partition coefficient (Wildman–Crippen LogP) is 4.09.